The summed E-state index contributed by atoms with van der Waals surface area (Å²) in [6, 6.07) is 51.7. The number of furan rings is 1. The number of rotatable bonds is 5. The lowest BCUT2D eigenvalue weighted by Gasteiger charge is -2.13. The molecule has 5 heterocycles. The lowest BCUT2D eigenvalue weighted by atomic mass is 9.93. The SMILES string of the molecule is c1ccc(-c2cnc3oc4c(-c5cccc6c(-c7ccc8ccc(-c9ccccn9)nc8c7)cccc56)nc(-c5ccccc5)nc4c3c2)cc1. The van der Waals surface area contributed by atoms with Gasteiger partial charge in [-0.05, 0) is 57.8 Å². The van der Waals surface area contributed by atoms with Gasteiger partial charge in [-0.1, -0.05) is 121 Å². The van der Waals surface area contributed by atoms with Gasteiger partial charge in [0.05, 0.1) is 22.3 Å². The summed E-state index contributed by atoms with van der Waals surface area (Å²) in [5, 5.41) is 4.08. The van der Waals surface area contributed by atoms with Gasteiger partial charge in [0.1, 0.15) is 11.2 Å². The minimum atomic E-state index is 0.528. The highest BCUT2D eigenvalue weighted by atomic mass is 16.3. The van der Waals surface area contributed by atoms with Crippen molar-refractivity contribution < 1.29 is 4.42 Å². The summed E-state index contributed by atoms with van der Waals surface area (Å²) in [5.41, 5.74) is 11.4. The van der Waals surface area contributed by atoms with Crippen LogP contribution in [0, 0.1) is 0 Å². The number of fused-ring (bicyclic) bond motifs is 5. The second-order valence-corrected chi connectivity index (χ2v) is 12.5. The molecule has 6 nitrogen and oxygen atoms in total. The van der Waals surface area contributed by atoms with Crippen LogP contribution < -0.4 is 0 Å². The van der Waals surface area contributed by atoms with E-state index in [1.54, 1.807) is 6.20 Å². The van der Waals surface area contributed by atoms with Crippen LogP contribution in [0.1, 0.15) is 0 Å². The summed E-state index contributed by atoms with van der Waals surface area (Å²) in [7, 11) is 0. The summed E-state index contributed by atoms with van der Waals surface area (Å²) < 4.78 is 6.53. The van der Waals surface area contributed by atoms with Crippen LogP contribution in [0.25, 0.3) is 100 Å². The van der Waals surface area contributed by atoms with E-state index >= 15 is 0 Å². The van der Waals surface area contributed by atoms with Crippen molar-refractivity contribution in [2.45, 2.75) is 0 Å². The average molecular weight is 654 g/mol. The third kappa shape index (κ3) is 5.01. The maximum absolute atomic E-state index is 6.53. The first-order chi connectivity index (χ1) is 25.3. The molecule has 0 saturated heterocycles. The second-order valence-electron chi connectivity index (χ2n) is 12.5. The molecule has 0 spiro atoms. The Labute approximate surface area is 292 Å². The molecule has 238 valence electrons. The summed E-state index contributed by atoms with van der Waals surface area (Å²) in [4.78, 5) is 24.6. The smallest absolute Gasteiger partial charge is 0.229 e. The monoisotopic (exact) mass is 653 g/mol. The standard InChI is InChI=1S/C45H27N5O/c1-3-11-28(12-4-1)32-25-37-42-43(51-45(37)47-27-32)41(49-44(50-42)30-13-5-2-6-14-30)36-18-10-16-34-33(15-9-17-35(34)36)31-21-20-29-22-23-39(48-40(29)26-31)38-19-7-8-24-46-38/h1-27H. The Hall–Kier alpha value is -7.05. The van der Waals surface area contributed by atoms with Gasteiger partial charge in [0, 0.05) is 34.5 Å². The van der Waals surface area contributed by atoms with Crippen LogP contribution in [0.5, 0.6) is 0 Å². The van der Waals surface area contributed by atoms with Crippen molar-refractivity contribution >= 4 is 43.9 Å². The van der Waals surface area contributed by atoms with E-state index in [0.29, 0.717) is 17.1 Å². The molecular formula is C45H27N5O. The Kier molecular flexibility index (Phi) is 6.70. The van der Waals surface area contributed by atoms with Gasteiger partial charge >= 0.3 is 0 Å². The molecule has 5 aromatic heterocycles. The Morgan fingerprint density at radius 1 is 0.451 bits per heavy atom. The fraction of sp³-hybridized carbons (Fsp3) is 0. The van der Waals surface area contributed by atoms with E-state index in [0.717, 1.165) is 83.0 Å². The average Bonchev–Trinajstić information content (AvgIpc) is 3.58. The van der Waals surface area contributed by atoms with Gasteiger partial charge in [-0.15, -0.1) is 0 Å². The van der Waals surface area contributed by atoms with Crippen molar-refractivity contribution in [3.63, 3.8) is 0 Å². The van der Waals surface area contributed by atoms with E-state index in [-0.39, 0.29) is 0 Å². The van der Waals surface area contributed by atoms with E-state index in [9.17, 15) is 0 Å². The largest absolute Gasteiger partial charge is 0.434 e. The molecule has 0 saturated carbocycles. The van der Waals surface area contributed by atoms with E-state index < -0.39 is 0 Å². The van der Waals surface area contributed by atoms with Crippen LogP contribution >= 0.6 is 0 Å². The van der Waals surface area contributed by atoms with Crippen LogP contribution in [-0.4, -0.2) is 24.9 Å². The first kappa shape index (κ1) is 28.9. The number of pyridine rings is 3. The first-order valence-electron chi connectivity index (χ1n) is 16.8. The lowest BCUT2D eigenvalue weighted by Crippen LogP contribution is -1.95. The molecule has 0 unspecified atom stereocenters. The molecule has 6 heteroatoms. The van der Waals surface area contributed by atoms with Crippen LogP contribution in [0.4, 0.5) is 0 Å². The van der Waals surface area contributed by atoms with E-state index in [1.807, 2.05) is 79.0 Å². The predicted octanol–water partition coefficient (Wildman–Crippen LogP) is 11.2. The van der Waals surface area contributed by atoms with Crippen molar-refractivity contribution in [1.82, 2.24) is 24.9 Å². The van der Waals surface area contributed by atoms with Crippen molar-refractivity contribution in [2.75, 3.05) is 0 Å². The molecule has 5 aromatic carbocycles. The molecule has 0 bridgehead atoms. The van der Waals surface area contributed by atoms with Gasteiger partial charge in [-0.25, -0.2) is 19.9 Å². The Morgan fingerprint density at radius 3 is 2.00 bits per heavy atom. The van der Waals surface area contributed by atoms with Gasteiger partial charge < -0.3 is 4.42 Å². The highest BCUT2D eigenvalue weighted by Gasteiger charge is 2.21. The molecule has 0 N–H and O–H groups in total. The Bertz CT molecular complexity index is 2910. The third-order valence-electron chi connectivity index (χ3n) is 9.42. The molecule has 10 aromatic rings. The van der Waals surface area contributed by atoms with Gasteiger partial charge in [0.2, 0.25) is 5.71 Å². The molecule has 0 aliphatic rings. The number of benzene rings is 5. The van der Waals surface area contributed by atoms with Crippen molar-refractivity contribution in [3.8, 4) is 56.3 Å². The molecule has 10 rings (SSSR count). The minimum absolute atomic E-state index is 0.528. The summed E-state index contributed by atoms with van der Waals surface area (Å²) >= 11 is 0. The molecular weight excluding hydrogens is 627 g/mol. The fourth-order valence-electron chi connectivity index (χ4n) is 6.93. The predicted molar refractivity (Wildman–Crippen MR) is 205 cm³/mol. The van der Waals surface area contributed by atoms with Crippen LogP contribution in [0.3, 0.4) is 0 Å². The number of nitrogens with zero attached hydrogens (tertiary/aromatic N) is 5. The number of hydrogen-bond acceptors (Lipinski definition) is 6. The Morgan fingerprint density at radius 2 is 1.20 bits per heavy atom. The topological polar surface area (TPSA) is 77.6 Å². The van der Waals surface area contributed by atoms with Gasteiger partial charge in [-0.2, -0.15) is 0 Å². The normalized spacial score (nSPS) is 11.5. The quantitative estimate of drug-likeness (QED) is 0.184. The zero-order chi connectivity index (χ0) is 33.7. The summed E-state index contributed by atoms with van der Waals surface area (Å²) in [6.45, 7) is 0. The maximum atomic E-state index is 6.53. The second kappa shape index (κ2) is 11.8. The minimum Gasteiger partial charge on any atom is -0.434 e. The fourth-order valence-corrected chi connectivity index (χ4v) is 6.93. The lowest BCUT2D eigenvalue weighted by molar-refractivity contribution is 0.653. The first-order valence-corrected chi connectivity index (χ1v) is 16.8. The van der Waals surface area contributed by atoms with Gasteiger partial charge in [0.25, 0.3) is 0 Å². The van der Waals surface area contributed by atoms with Crippen LogP contribution in [-0.2, 0) is 0 Å². The zero-order valence-corrected chi connectivity index (χ0v) is 27.2. The van der Waals surface area contributed by atoms with E-state index in [4.69, 9.17) is 24.4 Å². The van der Waals surface area contributed by atoms with Crippen molar-refractivity contribution in [1.29, 1.82) is 0 Å². The molecule has 51 heavy (non-hydrogen) atoms. The van der Waals surface area contributed by atoms with E-state index in [1.165, 1.54) is 0 Å². The molecule has 0 radical (unpaired) electrons. The maximum Gasteiger partial charge on any atom is 0.229 e. The third-order valence-corrected chi connectivity index (χ3v) is 9.42. The molecule has 0 atom stereocenters. The number of aromatic nitrogens is 5. The molecule has 0 amide bonds. The van der Waals surface area contributed by atoms with E-state index in [2.05, 4.69) is 83.8 Å². The molecule has 0 aliphatic heterocycles. The van der Waals surface area contributed by atoms with Crippen molar-refractivity contribution in [3.05, 3.63) is 164 Å². The van der Waals surface area contributed by atoms with Gasteiger partial charge in [0.15, 0.2) is 11.4 Å². The highest BCUT2D eigenvalue weighted by molar-refractivity contribution is 6.12. The highest BCUT2D eigenvalue weighted by Crippen LogP contribution is 2.40. The zero-order valence-electron chi connectivity index (χ0n) is 27.2. The molecule has 0 fully saturated rings. The van der Waals surface area contributed by atoms with Crippen LogP contribution in [0.15, 0.2) is 168 Å². The molecule has 0 aliphatic carbocycles. The van der Waals surface area contributed by atoms with Crippen LogP contribution in [0.2, 0.25) is 0 Å². The summed E-state index contributed by atoms with van der Waals surface area (Å²) in [5.74, 6) is 0.628. The van der Waals surface area contributed by atoms with Crippen molar-refractivity contribution in [2.24, 2.45) is 0 Å². The van der Waals surface area contributed by atoms with Gasteiger partial charge in [-0.3, -0.25) is 4.98 Å². The Balaban J connectivity index is 1.17. The number of hydrogen-bond donors (Lipinski definition) is 0. The summed E-state index contributed by atoms with van der Waals surface area (Å²) in [6.07, 6.45) is 3.65.